The number of sulfonamides is 2. The lowest BCUT2D eigenvalue weighted by atomic mass is 9.96. The maximum absolute atomic E-state index is 13.1. The fourth-order valence-corrected chi connectivity index (χ4v) is 7.18. The van der Waals surface area contributed by atoms with Crippen LogP contribution in [0.25, 0.3) is 0 Å². The molecule has 8 heteroatoms. The van der Waals surface area contributed by atoms with Crippen molar-refractivity contribution in [2.45, 2.75) is 30.6 Å². The van der Waals surface area contributed by atoms with E-state index in [2.05, 4.69) is 6.58 Å². The van der Waals surface area contributed by atoms with E-state index in [1.54, 1.807) is 48.5 Å². The Hall–Kier alpha value is -2.26. The third-order valence-corrected chi connectivity index (χ3v) is 9.88. The second-order valence-corrected chi connectivity index (χ2v) is 12.6. The summed E-state index contributed by atoms with van der Waals surface area (Å²) >= 11 is 0. The SMILES string of the molecule is C=C1CN(S(=O)(=O)c2ccc(C)cc2)C/C1=C1\CN(S(=O)(=O)c2ccc(C)cc2)CC1C. The standard InChI is InChI=1S/C24H28N2O4S2/c1-17-5-9-21(10-6-17)31(27,28)25-13-19(3)23(15-25)24-16-26(14-20(24)4)32(29,30)22-11-7-18(2)8-12-22/h5-12,20H,3,13-16H2,1-2,4H3/b24-23-. The van der Waals surface area contributed by atoms with Crippen molar-refractivity contribution < 1.29 is 16.8 Å². The molecule has 0 spiro atoms. The fourth-order valence-electron chi connectivity index (χ4n) is 4.27. The van der Waals surface area contributed by atoms with Gasteiger partial charge in [0.15, 0.2) is 0 Å². The first kappa shape index (κ1) is 22.9. The summed E-state index contributed by atoms with van der Waals surface area (Å²) in [5, 5.41) is 0. The van der Waals surface area contributed by atoms with Crippen molar-refractivity contribution in [1.29, 1.82) is 0 Å². The number of hydrogen-bond donors (Lipinski definition) is 0. The zero-order valence-electron chi connectivity index (χ0n) is 18.6. The van der Waals surface area contributed by atoms with E-state index < -0.39 is 20.0 Å². The van der Waals surface area contributed by atoms with Crippen LogP contribution in [0.5, 0.6) is 0 Å². The average molecular weight is 473 g/mol. The van der Waals surface area contributed by atoms with Crippen LogP contribution in [0.1, 0.15) is 18.1 Å². The molecule has 6 nitrogen and oxygen atoms in total. The van der Waals surface area contributed by atoms with E-state index in [1.165, 1.54) is 8.61 Å². The van der Waals surface area contributed by atoms with E-state index in [-0.39, 0.29) is 35.3 Å². The van der Waals surface area contributed by atoms with Crippen LogP contribution in [0.15, 0.2) is 81.6 Å². The van der Waals surface area contributed by atoms with Gasteiger partial charge in [0.05, 0.1) is 9.79 Å². The van der Waals surface area contributed by atoms with Gasteiger partial charge in [-0.2, -0.15) is 8.61 Å². The van der Waals surface area contributed by atoms with Crippen LogP contribution in [0, 0.1) is 19.8 Å². The molecule has 4 rings (SSSR count). The summed E-state index contributed by atoms with van der Waals surface area (Å²) in [5.74, 6) is -0.0102. The van der Waals surface area contributed by atoms with E-state index in [4.69, 9.17) is 0 Å². The van der Waals surface area contributed by atoms with Crippen LogP contribution < -0.4 is 0 Å². The van der Waals surface area contributed by atoms with Crippen molar-refractivity contribution in [2.75, 3.05) is 26.2 Å². The first-order valence-electron chi connectivity index (χ1n) is 10.5. The van der Waals surface area contributed by atoms with Crippen molar-refractivity contribution >= 4 is 20.0 Å². The van der Waals surface area contributed by atoms with Crippen molar-refractivity contribution in [1.82, 2.24) is 8.61 Å². The lowest BCUT2D eigenvalue weighted by Crippen LogP contribution is -2.29. The Balaban J connectivity index is 1.60. The summed E-state index contributed by atoms with van der Waals surface area (Å²) in [6, 6.07) is 13.6. The molecule has 2 fully saturated rings. The van der Waals surface area contributed by atoms with Gasteiger partial charge >= 0.3 is 0 Å². The summed E-state index contributed by atoms with van der Waals surface area (Å²) in [4.78, 5) is 0.528. The highest BCUT2D eigenvalue weighted by atomic mass is 32.2. The molecule has 0 amide bonds. The van der Waals surface area contributed by atoms with E-state index in [0.717, 1.165) is 27.8 Å². The predicted molar refractivity (Wildman–Crippen MR) is 125 cm³/mol. The molecule has 170 valence electrons. The molecule has 32 heavy (non-hydrogen) atoms. The highest BCUT2D eigenvalue weighted by Crippen LogP contribution is 2.36. The van der Waals surface area contributed by atoms with Crippen molar-refractivity contribution in [3.05, 3.63) is 83.0 Å². The zero-order chi connectivity index (χ0) is 23.3. The van der Waals surface area contributed by atoms with Gasteiger partial charge in [-0.1, -0.05) is 48.9 Å². The quantitative estimate of drug-likeness (QED) is 0.683. The summed E-state index contributed by atoms with van der Waals surface area (Å²) in [5.41, 5.74) is 4.53. The van der Waals surface area contributed by atoms with Gasteiger partial charge in [-0.25, -0.2) is 16.8 Å². The van der Waals surface area contributed by atoms with Crippen LogP contribution in [0.3, 0.4) is 0 Å². The lowest BCUT2D eigenvalue weighted by Gasteiger charge is -2.16. The molecular formula is C24H28N2O4S2. The third-order valence-electron chi connectivity index (χ3n) is 6.25. The van der Waals surface area contributed by atoms with Crippen molar-refractivity contribution in [3.63, 3.8) is 0 Å². The molecule has 2 aliphatic rings. The molecule has 0 saturated carbocycles. The Morgan fingerprint density at radius 2 is 1.22 bits per heavy atom. The molecule has 2 aliphatic heterocycles. The fraction of sp³-hybridized carbons (Fsp3) is 0.333. The van der Waals surface area contributed by atoms with E-state index in [0.29, 0.717) is 6.54 Å². The molecule has 0 bridgehead atoms. The minimum atomic E-state index is -3.65. The smallest absolute Gasteiger partial charge is 0.207 e. The van der Waals surface area contributed by atoms with Gasteiger partial charge in [-0.15, -0.1) is 0 Å². The Morgan fingerprint density at radius 3 is 1.72 bits per heavy atom. The Labute approximate surface area is 191 Å². The van der Waals surface area contributed by atoms with E-state index >= 15 is 0 Å². The average Bonchev–Trinajstić information content (AvgIpc) is 3.32. The summed E-state index contributed by atoms with van der Waals surface area (Å²) < 4.78 is 55.4. The zero-order valence-corrected chi connectivity index (χ0v) is 20.2. The first-order valence-corrected chi connectivity index (χ1v) is 13.4. The summed E-state index contributed by atoms with van der Waals surface area (Å²) in [6.45, 7) is 11.0. The second-order valence-electron chi connectivity index (χ2n) is 8.71. The van der Waals surface area contributed by atoms with Gasteiger partial charge in [-0.05, 0) is 60.8 Å². The van der Waals surface area contributed by atoms with Crippen LogP contribution in [-0.4, -0.2) is 51.6 Å². The van der Waals surface area contributed by atoms with Crippen LogP contribution >= 0.6 is 0 Å². The minimum absolute atomic E-state index is 0.0102. The number of benzene rings is 2. The molecule has 0 aliphatic carbocycles. The van der Waals surface area contributed by atoms with E-state index in [9.17, 15) is 16.8 Å². The van der Waals surface area contributed by atoms with Crippen molar-refractivity contribution in [3.8, 4) is 0 Å². The maximum Gasteiger partial charge on any atom is 0.243 e. The highest BCUT2D eigenvalue weighted by Gasteiger charge is 2.39. The Kier molecular flexibility index (Phi) is 5.92. The molecule has 2 saturated heterocycles. The molecule has 2 aromatic carbocycles. The van der Waals surface area contributed by atoms with Gasteiger partial charge in [0.1, 0.15) is 0 Å². The van der Waals surface area contributed by atoms with Gasteiger partial charge in [-0.3, -0.25) is 0 Å². The molecule has 2 heterocycles. The number of nitrogens with zero attached hydrogens (tertiary/aromatic N) is 2. The molecular weight excluding hydrogens is 444 g/mol. The molecule has 1 unspecified atom stereocenters. The second kappa shape index (κ2) is 8.26. The molecule has 0 radical (unpaired) electrons. The Bertz CT molecular complexity index is 1290. The molecule has 2 aromatic rings. The largest absolute Gasteiger partial charge is 0.243 e. The minimum Gasteiger partial charge on any atom is -0.207 e. The number of rotatable bonds is 4. The van der Waals surface area contributed by atoms with Crippen LogP contribution in [0.2, 0.25) is 0 Å². The molecule has 1 atom stereocenters. The summed E-state index contributed by atoms with van der Waals surface area (Å²) in [6.07, 6.45) is 0. The monoisotopic (exact) mass is 472 g/mol. The van der Waals surface area contributed by atoms with Crippen molar-refractivity contribution in [2.24, 2.45) is 5.92 Å². The van der Waals surface area contributed by atoms with Gasteiger partial charge in [0.25, 0.3) is 0 Å². The normalized spacial score (nSPS) is 23.2. The topological polar surface area (TPSA) is 74.8 Å². The van der Waals surface area contributed by atoms with Gasteiger partial charge in [0, 0.05) is 26.2 Å². The molecule has 0 aromatic heterocycles. The third kappa shape index (κ3) is 4.08. The number of hydrogen-bond acceptors (Lipinski definition) is 4. The lowest BCUT2D eigenvalue weighted by molar-refractivity contribution is 0.464. The Morgan fingerprint density at radius 1 is 0.750 bits per heavy atom. The maximum atomic E-state index is 13.1. The van der Waals surface area contributed by atoms with Gasteiger partial charge < -0.3 is 0 Å². The summed E-state index contributed by atoms with van der Waals surface area (Å²) in [7, 11) is -7.27. The highest BCUT2D eigenvalue weighted by molar-refractivity contribution is 7.89. The van der Waals surface area contributed by atoms with Gasteiger partial charge in [0.2, 0.25) is 20.0 Å². The number of aryl methyl sites for hydroxylation is 2. The van der Waals surface area contributed by atoms with Crippen LogP contribution in [0.4, 0.5) is 0 Å². The predicted octanol–water partition coefficient (Wildman–Crippen LogP) is 3.50. The van der Waals surface area contributed by atoms with Crippen LogP contribution in [-0.2, 0) is 20.0 Å². The van der Waals surface area contributed by atoms with E-state index in [1.807, 2.05) is 20.8 Å². The molecule has 0 N–H and O–H groups in total. The first-order chi connectivity index (χ1) is 15.0.